The van der Waals surface area contributed by atoms with E-state index in [1.165, 1.54) is 26.2 Å². The zero-order valence-corrected chi connectivity index (χ0v) is 11.8. The van der Waals surface area contributed by atoms with Crippen LogP contribution in [0.2, 0.25) is 0 Å². The smallest absolute Gasteiger partial charge is 0.335 e. The van der Waals surface area contributed by atoms with Crippen LogP contribution in [0.3, 0.4) is 0 Å². The van der Waals surface area contributed by atoms with Crippen molar-refractivity contribution in [1.29, 1.82) is 0 Å². The summed E-state index contributed by atoms with van der Waals surface area (Å²) < 4.78 is 29.4. The number of ether oxygens (including phenoxy) is 1. The van der Waals surface area contributed by atoms with Gasteiger partial charge in [-0.2, -0.15) is 0 Å². The number of rotatable bonds is 6. The maximum absolute atomic E-state index is 12.2. The molecule has 0 heterocycles. The second kappa shape index (κ2) is 5.91. The van der Waals surface area contributed by atoms with Crippen molar-refractivity contribution in [2.75, 3.05) is 12.9 Å². The van der Waals surface area contributed by atoms with Crippen molar-refractivity contribution in [3.8, 4) is 5.75 Å². The first kappa shape index (κ1) is 16.0. The first-order valence-electron chi connectivity index (χ1n) is 5.62. The quantitative estimate of drug-likeness (QED) is 0.778. The molecule has 110 valence electrons. The first-order chi connectivity index (χ1) is 9.19. The molecule has 0 aliphatic rings. The highest BCUT2D eigenvalue weighted by atomic mass is 32.2. The fourth-order valence-corrected chi connectivity index (χ4v) is 3.32. The SMILES string of the molecule is COc1ccc(C(=O)O)cc1S(=O)(=O)CC(C)C(N)=O. The van der Waals surface area contributed by atoms with Crippen molar-refractivity contribution in [1.82, 2.24) is 0 Å². The van der Waals surface area contributed by atoms with Crippen LogP contribution in [-0.2, 0) is 14.6 Å². The fourth-order valence-electron chi connectivity index (χ4n) is 1.55. The number of nitrogens with two attached hydrogens (primary N) is 1. The molecule has 0 saturated carbocycles. The van der Waals surface area contributed by atoms with Gasteiger partial charge in [-0.1, -0.05) is 6.92 Å². The molecule has 8 heteroatoms. The largest absolute Gasteiger partial charge is 0.495 e. The molecule has 0 spiro atoms. The number of methoxy groups -OCH3 is 1. The summed E-state index contributed by atoms with van der Waals surface area (Å²) in [6.07, 6.45) is 0. The second-order valence-corrected chi connectivity index (χ2v) is 6.26. The summed E-state index contributed by atoms with van der Waals surface area (Å²) in [5.74, 6) is -3.39. The lowest BCUT2D eigenvalue weighted by Crippen LogP contribution is -2.27. The van der Waals surface area contributed by atoms with E-state index in [4.69, 9.17) is 15.6 Å². The van der Waals surface area contributed by atoms with Gasteiger partial charge in [-0.05, 0) is 18.2 Å². The van der Waals surface area contributed by atoms with Crippen LogP contribution in [0.4, 0.5) is 0 Å². The van der Waals surface area contributed by atoms with Crippen molar-refractivity contribution in [3.63, 3.8) is 0 Å². The highest BCUT2D eigenvalue weighted by Crippen LogP contribution is 2.27. The van der Waals surface area contributed by atoms with Crippen molar-refractivity contribution in [3.05, 3.63) is 23.8 Å². The number of sulfone groups is 1. The van der Waals surface area contributed by atoms with Gasteiger partial charge in [0.2, 0.25) is 5.91 Å². The Morgan fingerprint density at radius 1 is 1.40 bits per heavy atom. The van der Waals surface area contributed by atoms with Gasteiger partial charge >= 0.3 is 5.97 Å². The average Bonchev–Trinajstić information content (AvgIpc) is 2.37. The van der Waals surface area contributed by atoms with Gasteiger partial charge in [0.25, 0.3) is 0 Å². The standard InChI is InChI=1S/C12H15NO6S/c1-7(11(13)14)6-20(17,18)10-5-8(12(15)16)3-4-9(10)19-2/h3-5,7H,6H2,1-2H3,(H2,13,14)(H,15,16). The molecule has 20 heavy (non-hydrogen) atoms. The van der Waals surface area contributed by atoms with Gasteiger partial charge in [0, 0.05) is 5.92 Å². The Morgan fingerprint density at radius 2 is 2.00 bits per heavy atom. The molecule has 0 aliphatic heterocycles. The molecule has 0 aliphatic carbocycles. The van der Waals surface area contributed by atoms with E-state index < -0.39 is 33.4 Å². The maximum Gasteiger partial charge on any atom is 0.335 e. The molecule has 0 radical (unpaired) electrons. The van der Waals surface area contributed by atoms with E-state index in [9.17, 15) is 18.0 Å². The van der Waals surface area contributed by atoms with E-state index in [0.29, 0.717) is 0 Å². The van der Waals surface area contributed by atoms with E-state index in [1.54, 1.807) is 0 Å². The maximum atomic E-state index is 12.2. The number of carboxylic acid groups (broad SMARTS) is 1. The topological polar surface area (TPSA) is 124 Å². The van der Waals surface area contributed by atoms with Gasteiger partial charge in [-0.15, -0.1) is 0 Å². The van der Waals surface area contributed by atoms with Gasteiger partial charge in [-0.25, -0.2) is 13.2 Å². The van der Waals surface area contributed by atoms with Crippen molar-refractivity contribution in [2.24, 2.45) is 11.7 Å². The van der Waals surface area contributed by atoms with E-state index in [2.05, 4.69) is 0 Å². The number of amides is 1. The average molecular weight is 301 g/mol. The van der Waals surface area contributed by atoms with Gasteiger partial charge < -0.3 is 15.6 Å². The zero-order chi connectivity index (χ0) is 15.5. The van der Waals surface area contributed by atoms with Gasteiger partial charge in [0.15, 0.2) is 9.84 Å². The van der Waals surface area contributed by atoms with Crippen molar-refractivity contribution >= 4 is 21.7 Å². The Bertz CT molecular complexity index is 637. The molecule has 1 aromatic carbocycles. The van der Waals surface area contributed by atoms with Crippen LogP contribution in [0.1, 0.15) is 17.3 Å². The summed E-state index contributed by atoms with van der Waals surface area (Å²) in [5, 5.41) is 8.90. The fraction of sp³-hybridized carbons (Fsp3) is 0.333. The third-order valence-electron chi connectivity index (χ3n) is 2.70. The van der Waals surface area contributed by atoms with Crippen molar-refractivity contribution < 1.29 is 27.9 Å². The monoisotopic (exact) mass is 301 g/mol. The van der Waals surface area contributed by atoms with E-state index in [1.807, 2.05) is 0 Å². The van der Waals surface area contributed by atoms with Crippen LogP contribution in [-0.4, -0.2) is 38.3 Å². The van der Waals surface area contributed by atoms with Crippen LogP contribution in [0.5, 0.6) is 5.75 Å². The summed E-state index contributed by atoms with van der Waals surface area (Å²) in [7, 11) is -2.62. The summed E-state index contributed by atoms with van der Waals surface area (Å²) in [6, 6.07) is 3.49. The summed E-state index contributed by atoms with van der Waals surface area (Å²) in [6.45, 7) is 1.38. The molecule has 0 saturated heterocycles. The minimum absolute atomic E-state index is 0.0201. The van der Waals surface area contributed by atoms with Crippen LogP contribution in [0.15, 0.2) is 23.1 Å². The highest BCUT2D eigenvalue weighted by Gasteiger charge is 2.26. The summed E-state index contributed by atoms with van der Waals surface area (Å²) in [4.78, 5) is 21.6. The Balaban J connectivity index is 3.31. The Labute approximate surface area is 116 Å². The normalized spacial score (nSPS) is 12.7. The predicted molar refractivity (Wildman–Crippen MR) is 70.4 cm³/mol. The number of benzene rings is 1. The third kappa shape index (κ3) is 3.47. The van der Waals surface area contributed by atoms with E-state index in [0.717, 1.165) is 6.07 Å². The van der Waals surface area contributed by atoms with Gasteiger partial charge in [0.05, 0.1) is 18.4 Å². The molecule has 1 rings (SSSR count). The van der Waals surface area contributed by atoms with Crippen LogP contribution >= 0.6 is 0 Å². The molecular weight excluding hydrogens is 286 g/mol. The van der Waals surface area contributed by atoms with Crippen LogP contribution in [0.25, 0.3) is 0 Å². The lowest BCUT2D eigenvalue weighted by molar-refractivity contribution is -0.120. The molecule has 1 amide bonds. The zero-order valence-electron chi connectivity index (χ0n) is 11.0. The third-order valence-corrected chi connectivity index (χ3v) is 4.63. The molecule has 0 aromatic heterocycles. The molecule has 1 atom stereocenters. The van der Waals surface area contributed by atoms with E-state index in [-0.39, 0.29) is 16.2 Å². The Kier molecular flexibility index (Phi) is 4.72. The number of primary amides is 1. The van der Waals surface area contributed by atoms with Gasteiger partial charge in [0.1, 0.15) is 10.6 Å². The number of carbonyl (C=O) groups excluding carboxylic acids is 1. The van der Waals surface area contributed by atoms with Crippen LogP contribution in [0, 0.1) is 5.92 Å². The number of hydrogen-bond donors (Lipinski definition) is 2. The molecule has 7 nitrogen and oxygen atoms in total. The van der Waals surface area contributed by atoms with E-state index >= 15 is 0 Å². The Hall–Kier alpha value is -2.09. The molecular formula is C12H15NO6S. The Morgan fingerprint density at radius 3 is 2.45 bits per heavy atom. The molecule has 0 fully saturated rings. The predicted octanol–water partition coefficient (Wildman–Crippen LogP) is 0.289. The second-order valence-electron chi connectivity index (χ2n) is 4.26. The minimum atomic E-state index is -3.89. The number of aromatic carboxylic acids is 1. The van der Waals surface area contributed by atoms with Crippen molar-refractivity contribution in [2.45, 2.75) is 11.8 Å². The molecule has 3 N–H and O–H groups in total. The molecule has 1 unspecified atom stereocenters. The lowest BCUT2D eigenvalue weighted by atomic mass is 10.2. The summed E-state index contributed by atoms with van der Waals surface area (Å²) in [5.41, 5.74) is 4.86. The number of carbonyl (C=O) groups is 2. The minimum Gasteiger partial charge on any atom is -0.495 e. The highest BCUT2D eigenvalue weighted by molar-refractivity contribution is 7.91. The first-order valence-corrected chi connectivity index (χ1v) is 7.27. The molecule has 0 bridgehead atoms. The number of hydrogen-bond acceptors (Lipinski definition) is 5. The lowest BCUT2D eigenvalue weighted by Gasteiger charge is -2.12. The van der Waals surface area contributed by atoms with Gasteiger partial charge in [-0.3, -0.25) is 4.79 Å². The molecule has 1 aromatic rings. The van der Waals surface area contributed by atoms with Crippen LogP contribution < -0.4 is 10.5 Å². The summed E-state index contributed by atoms with van der Waals surface area (Å²) >= 11 is 0. The number of carboxylic acids is 1.